The predicted octanol–water partition coefficient (Wildman–Crippen LogP) is -0.0934. The van der Waals surface area contributed by atoms with Crippen molar-refractivity contribution in [3.05, 3.63) is 23.6 Å². The molecular formula is C7H8ClN5O2S. The molecule has 0 radical (unpaired) electrons. The summed E-state index contributed by atoms with van der Waals surface area (Å²) in [5.74, 6) is 0.269. The molecule has 0 aliphatic rings. The van der Waals surface area contributed by atoms with Gasteiger partial charge in [0.05, 0.1) is 0 Å². The largest absolute Gasteiger partial charge is 0.272 e. The fourth-order valence-corrected chi connectivity index (χ4v) is 2.17. The van der Waals surface area contributed by atoms with Gasteiger partial charge < -0.3 is 0 Å². The molecule has 7 nitrogen and oxygen atoms in total. The van der Waals surface area contributed by atoms with Gasteiger partial charge in [-0.1, -0.05) is 11.6 Å². The summed E-state index contributed by atoms with van der Waals surface area (Å²) in [6, 6.07) is 0. The first-order valence-electron chi connectivity index (χ1n) is 4.15. The Labute approximate surface area is 96.5 Å². The van der Waals surface area contributed by atoms with Crippen LogP contribution < -0.4 is 5.14 Å². The van der Waals surface area contributed by atoms with Gasteiger partial charge in [0.2, 0.25) is 5.16 Å². The van der Waals surface area contributed by atoms with Crippen LogP contribution in [-0.2, 0) is 17.1 Å². The maximum atomic E-state index is 11.2. The molecule has 2 aromatic rings. The lowest BCUT2D eigenvalue weighted by Gasteiger charge is -2.02. The van der Waals surface area contributed by atoms with Gasteiger partial charge in [0.25, 0.3) is 10.0 Å². The summed E-state index contributed by atoms with van der Waals surface area (Å²) in [6.07, 6.45) is 4.28. The van der Waals surface area contributed by atoms with Gasteiger partial charge >= 0.3 is 0 Å². The molecule has 16 heavy (non-hydrogen) atoms. The number of rotatable bonds is 2. The highest BCUT2D eigenvalue weighted by molar-refractivity contribution is 7.89. The molecule has 0 saturated heterocycles. The molecule has 2 rings (SSSR count). The molecule has 0 saturated carbocycles. The highest BCUT2D eigenvalue weighted by Gasteiger charge is 2.19. The average molecular weight is 262 g/mol. The second kappa shape index (κ2) is 3.58. The van der Waals surface area contributed by atoms with Crippen molar-refractivity contribution in [2.45, 2.75) is 5.16 Å². The maximum Gasteiger partial charge on any atom is 0.272 e. The Hall–Kier alpha value is -1.38. The summed E-state index contributed by atoms with van der Waals surface area (Å²) in [7, 11) is -2.23. The Morgan fingerprint density at radius 2 is 2.19 bits per heavy atom. The third kappa shape index (κ3) is 1.82. The van der Waals surface area contributed by atoms with Gasteiger partial charge in [0.15, 0.2) is 5.82 Å². The number of hydrogen-bond acceptors (Lipinski definition) is 4. The maximum absolute atomic E-state index is 11.2. The van der Waals surface area contributed by atoms with Gasteiger partial charge in [-0.05, 0) is 0 Å². The van der Waals surface area contributed by atoms with E-state index in [1.54, 1.807) is 13.2 Å². The number of halogens is 1. The summed E-state index contributed by atoms with van der Waals surface area (Å²) in [6.45, 7) is 0. The minimum Gasteiger partial charge on any atom is -0.272 e. The number of nitrogens with zero attached hydrogens (tertiary/aromatic N) is 4. The molecule has 0 bridgehead atoms. The van der Waals surface area contributed by atoms with Crippen LogP contribution in [0.5, 0.6) is 0 Å². The number of hydrogen-bond donors (Lipinski definition) is 1. The van der Waals surface area contributed by atoms with Crippen LogP contribution >= 0.6 is 11.6 Å². The first-order chi connectivity index (χ1) is 7.39. The molecule has 0 fully saturated rings. The Bertz CT molecular complexity index is 629. The molecule has 2 aromatic heterocycles. The standard InChI is InChI=1S/C7H8ClN5O2S/c1-12-4-5(8)6(11-12)13-3-2-10-7(13)16(9,14)15/h2-4H,1H3,(H2,9,14,15). The van der Waals surface area contributed by atoms with E-state index in [9.17, 15) is 8.42 Å². The molecule has 0 aromatic carbocycles. The minimum absolute atomic E-state index is 0.269. The Morgan fingerprint density at radius 3 is 2.69 bits per heavy atom. The molecule has 2 heterocycles. The summed E-state index contributed by atoms with van der Waals surface area (Å²) >= 11 is 5.89. The van der Waals surface area contributed by atoms with Crippen molar-refractivity contribution in [1.29, 1.82) is 0 Å². The first kappa shape index (κ1) is 11.1. The molecule has 0 amide bonds. The third-order valence-electron chi connectivity index (χ3n) is 1.86. The number of sulfonamides is 1. The summed E-state index contributed by atoms with van der Waals surface area (Å²) in [5, 5.41) is 9.03. The van der Waals surface area contributed by atoms with E-state index >= 15 is 0 Å². The number of nitrogens with two attached hydrogens (primary N) is 1. The topological polar surface area (TPSA) is 95.8 Å². The van der Waals surface area contributed by atoms with Crippen LogP contribution in [0.15, 0.2) is 23.7 Å². The monoisotopic (exact) mass is 261 g/mol. The van der Waals surface area contributed by atoms with Gasteiger partial charge in [-0.3, -0.25) is 9.25 Å². The summed E-state index contributed by atoms with van der Waals surface area (Å²) in [4.78, 5) is 3.66. The molecule has 86 valence electrons. The second-order valence-corrected chi connectivity index (χ2v) is 4.96. The Morgan fingerprint density at radius 1 is 1.50 bits per heavy atom. The van der Waals surface area contributed by atoms with Gasteiger partial charge in [-0.25, -0.2) is 18.5 Å². The van der Waals surface area contributed by atoms with E-state index in [1.807, 2.05) is 0 Å². The van der Waals surface area contributed by atoms with Crippen LogP contribution in [0.3, 0.4) is 0 Å². The molecule has 0 spiro atoms. The molecule has 0 aliphatic carbocycles. The van der Waals surface area contributed by atoms with Crippen LogP contribution in [0.2, 0.25) is 5.02 Å². The van der Waals surface area contributed by atoms with Crippen molar-refractivity contribution < 1.29 is 8.42 Å². The highest BCUT2D eigenvalue weighted by Crippen LogP contribution is 2.20. The normalized spacial score (nSPS) is 11.9. The minimum atomic E-state index is -3.90. The highest BCUT2D eigenvalue weighted by atomic mass is 35.5. The molecule has 0 unspecified atom stereocenters. The van der Waals surface area contributed by atoms with Crippen LogP contribution in [0.1, 0.15) is 0 Å². The van der Waals surface area contributed by atoms with E-state index in [0.29, 0.717) is 5.02 Å². The van der Waals surface area contributed by atoms with Crippen molar-refractivity contribution in [2.75, 3.05) is 0 Å². The van der Waals surface area contributed by atoms with Crippen LogP contribution in [0.25, 0.3) is 5.82 Å². The zero-order valence-electron chi connectivity index (χ0n) is 8.20. The van der Waals surface area contributed by atoms with E-state index in [-0.39, 0.29) is 11.0 Å². The van der Waals surface area contributed by atoms with Crippen molar-refractivity contribution in [1.82, 2.24) is 19.3 Å². The third-order valence-corrected chi connectivity index (χ3v) is 2.93. The summed E-state index contributed by atoms with van der Waals surface area (Å²) < 4.78 is 25.1. The van der Waals surface area contributed by atoms with E-state index in [1.165, 1.54) is 21.6 Å². The smallest absolute Gasteiger partial charge is 0.272 e. The number of aryl methyl sites for hydroxylation is 1. The van der Waals surface area contributed by atoms with Crippen LogP contribution in [-0.4, -0.2) is 27.7 Å². The lowest BCUT2D eigenvalue weighted by molar-refractivity contribution is 0.584. The van der Waals surface area contributed by atoms with Gasteiger partial charge in [0, 0.05) is 25.6 Å². The van der Waals surface area contributed by atoms with Gasteiger partial charge in [0.1, 0.15) is 5.02 Å². The number of aromatic nitrogens is 4. The van der Waals surface area contributed by atoms with Crippen molar-refractivity contribution >= 4 is 21.6 Å². The predicted molar refractivity (Wildman–Crippen MR) is 56.7 cm³/mol. The molecule has 0 aliphatic heterocycles. The Balaban J connectivity index is 2.67. The molecule has 0 atom stereocenters. The van der Waals surface area contributed by atoms with Gasteiger partial charge in [-0.2, -0.15) is 5.10 Å². The SMILES string of the molecule is Cn1cc(Cl)c(-n2ccnc2S(N)(=O)=O)n1. The van der Waals surface area contributed by atoms with E-state index in [2.05, 4.69) is 10.1 Å². The zero-order chi connectivity index (χ0) is 11.9. The van der Waals surface area contributed by atoms with E-state index in [4.69, 9.17) is 16.7 Å². The summed E-state index contributed by atoms with van der Waals surface area (Å²) in [5.41, 5.74) is 0. The number of primary sulfonamides is 1. The van der Waals surface area contributed by atoms with Crippen molar-refractivity contribution in [3.63, 3.8) is 0 Å². The number of imidazole rings is 1. The zero-order valence-corrected chi connectivity index (χ0v) is 9.77. The second-order valence-electron chi connectivity index (χ2n) is 3.10. The van der Waals surface area contributed by atoms with Crippen LogP contribution in [0, 0.1) is 0 Å². The van der Waals surface area contributed by atoms with Crippen molar-refractivity contribution in [2.24, 2.45) is 12.2 Å². The Kier molecular flexibility index (Phi) is 2.49. The lowest BCUT2D eigenvalue weighted by Crippen LogP contribution is -2.18. The van der Waals surface area contributed by atoms with E-state index in [0.717, 1.165) is 0 Å². The van der Waals surface area contributed by atoms with Crippen molar-refractivity contribution in [3.8, 4) is 5.82 Å². The van der Waals surface area contributed by atoms with Crippen LogP contribution in [0.4, 0.5) is 0 Å². The van der Waals surface area contributed by atoms with Gasteiger partial charge in [-0.15, -0.1) is 0 Å². The molecule has 9 heteroatoms. The first-order valence-corrected chi connectivity index (χ1v) is 6.07. The average Bonchev–Trinajstić information content (AvgIpc) is 2.69. The van der Waals surface area contributed by atoms with E-state index < -0.39 is 10.0 Å². The molecular weight excluding hydrogens is 254 g/mol. The quantitative estimate of drug-likeness (QED) is 0.817. The lowest BCUT2D eigenvalue weighted by atomic mass is 10.6. The fourth-order valence-electron chi connectivity index (χ4n) is 1.27. The fraction of sp³-hybridized carbons (Fsp3) is 0.143. The molecule has 2 N–H and O–H groups in total.